The highest BCUT2D eigenvalue weighted by atomic mass is 32.1. The standard InChI is InChI=1S/C46H32N2S/c1-2-11-30(12-3-1)47-41-19-8-5-15-39(41)44-35-25-26-36-33-13-4-7-18-40(33)48(45(36)37(35)27-28-42(44)47)31-23-21-29(22-24-31)32-16-10-17-38-34-14-6-9-20-43(34)49-46(32)38/h1-2,4-11,13-18,20-28,41H,3,12,19H2. The number of fused-ring (bicyclic) bond motifs is 12. The molecule has 0 amide bonds. The number of benzene rings is 6. The van der Waals surface area contributed by atoms with Crippen molar-refractivity contribution in [3.63, 3.8) is 0 Å². The van der Waals surface area contributed by atoms with Gasteiger partial charge in [0.05, 0.1) is 17.1 Å². The Bertz CT molecular complexity index is 2800. The number of anilines is 1. The summed E-state index contributed by atoms with van der Waals surface area (Å²) in [5.74, 6) is 0. The van der Waals surface area contributed by atoms with Crippen LogP contribution in [0.2, 0.25) is 0 Å². The molecule has 3 heteroatoms. The zero-order valence-corrected chi connectivity index (χ0v) is 27.8. The summed E-state index contributed by atoms with van der Waals surface area (Å²) >= 11 is 1.89. The van der Waals surface area contributed by atoms with Crippen molar-refractivity contribution in [3.8, 4) is 16.8 Å². The molecule has 2 aliphatic carbocycles. The van der Waals surface area contributed by atoms with Gasteiger partial charge in [-0.1, -0.05) is 115 Å². The van der Waals surface area contributed by atoms with Gasteiger partial charge < -0.3 is 9.47 Å². The van der Waals surface area contributed by atoms with Crippen molar-refractivity contribution >= 4 is 75.3 Å². The summed E-state index contributed by atoms with van der Waals surface area (Å²) in [5.41, 5.74) is 11.9. The minimum absolute atomic E-state index is 0.350. The molecular weight excluding hydrogens is 613 g/mol. The maximum Gasteiger partial charge on any atom is 0.0629 e. The smallest absolute Gasteiger partial charge is 0.0629 e. The Hall–Kier alpha value is -5.64. The zero-order chi connectivity index (χ0) is 32.1. The minimum Gasteiger partial charge on any atom is -0.337 e. The highest BCUT2D eigenvalue weighted by molar-refractivity contribution is 7.26. The molecule has 0 fully saturated rings. The van der Waals surface area contributed by atoms with E-state index in [1.54, 1.807) is 0 Å². The van der Waals surface area contributed by atoms with Gasteiger partial charge in [0.15, 0.2) is 0 Å². The van der Waals surface area contributed by atoms with Gasteiger partial charge in [0.25, 0.3) is 0 Å². The maximum atomic E-state index is 2.63. The molecule has 3 aliphatic rings. The van der Waals surface area contributed by atoms with Crippen molar-refractivity contribution in [1.82, 2.24) is 4.57 Å². The van der Waals surface area contributed by atoms with E-state index in [9.17, 15) is 0 Å². The second kappa shape index (κ2) is 10.4. The van der Waals surface area contributed by atoms with Crippen LogP contribution < -0.4 is 4.90 Å². The van der Waals surface area contributed by atoms with Crippen LogP contribution in [0.5, 0.6) is 0 Å². The SMILES string of the molecule is C1=CCCC(N2c3ccc4c(ccc5c6ccccc6n(-c6ccc(-c7cccc8c7sc7ccccc78)cc6)c45)c3C3=CC=CCC32)=C1. The van der Waals surface area contributed by atoms with Crippen molar-refractivity contribution in [1.29, 1.82) is 0 Å². The third-order valence-electron chi connectivity index (χ3n) is 10.9. The van der Waals surface area contributed by atoms with Gasteiger partial charge in [-0.2, -0.15) is 0 Å². The molecule has 49 heavy (non-hydrogen) atoms. The quantitative estimate of drug-likeness (QED) is 0.186. The molecule has 232 valence electrons. The van der Waals surface area contributed by atoms with Gasteiger partial charge in [-0.3, -0.25) is 0 Å². The summed E-state index contributed by atoms with van der Waals surface area (Å²) in [7, 11) is 0. The molecule has 0 saturated heterocycles. The Balaban J connectivity index is 1.12. The summed E-state index contributed by atoms with van der Waals surface area (Å²) < 4.78 is 5.19. The van der Waals surface area contributed by atoms with Crippen molar-refractivity contribution < 1.29 is 0 Å². The minimum atomic E-state index is 0.350. The first-order valence-electron chi connectivity index (χ1n) is 17.4. The van der Waals surface area contributed by atoms with Gasteiger partial charge in [-0.25, -0.2) is 0 Å². The molecule has 3 heterocycles. The molecule has 2 aromatic heterocycles. The molecule has 1 aliphatic heterocycles. The molecule has 1 atom stereocenters. The predicted octanol–water partition coefficient (Wildman–Crippen LogP) is 12.7. The molecule has 2 nitrogen and oxygen atoms in total. The fourth-order valence-electron chi connectivity index (χ4n) is 8.82. The summed E-state index contributed by atoms with van der Waals surface area (Å²) in [6.45, 7) is 0. The molecule has 11 rings (SSSR count). The number of rotatable bonds is 3. The summed E-state index contributed by atoms with van der Waals surface area (Å²) in [6, 6.07) is 43.5. The number of thiophene rings is 1. The monoisotopic (exact) mass is 644 g/mol. The number of hydrogen-bond donors (Lipinski definition) is 0. The van der Waals surface area contributed by atoms with Crippen LogP contribution in [0.15, 0.2) is 157 Å². The number of nitrogens with zero attached hydrogens (tertiary/aromatic N) is 2. The molecule has 0 N–H and O–H groups in total. The van der Waals surface area contributed by atoms with E-state index in [0.29, 0.717) is 6.04 Å². The van der Waals surface area contributed by atoms with E-state index in [0.717, 1.165) is 19.3 Å². The van der Waals surface area contributed by atoms with Crippen molar-refractivity contribution in [2.45, 2.75) is 25.3 Å². The van der Waals surface area contributed by atoms with Gasteiger partial charge in [0.2, 0.25) is 0 Å². The summed E-state index contributed by atoms with van der Waals surface area (Å²) in [5, 5.41) is 7.91. The molecule has 0 spiro atoms. The van der Waals surface area contributed by atoms with Crippen molar-refractivity contribution in [2.75, 3.05) is 4.90 Å². The van der Waals surface area contributed by atoms with Crippen LogP contribution in [0.4, 0.5) is 5.69 Å². The lowest BCUT2D eigenvalue weighted by molar-refractivity contribution is 0.754. The lowest BCUT2D eigenvalue weighted by atomic mass is 9.91. The summed E-state index contributed by atoms with van der Waals surface area (Å²) in [6.07, 6.45) is 17.0. The van der Waals surface area contributed by atoms with E-state index in [2.05, 4.69) is 161 Å². The van der Waals surface area contributed by atoms with Crippen LogP contribution in [0.1, 0.15) is 24.8 Å². The molecule has 0 saturated carbocycles. The van der Waals surface area contributed by atoms with Gasteiger partial charge in [-0.15, -0.1) is 11.3 Å². The average Bonchev–Trinajstić information content (AvgIpc) is 3.83. The van der Waals surface area contributed by atoms with Gasteiger partial charge in [0.1, 0.15) is 0 Å². The number of allylic oxidation sites excluding steroid dienone is 6. The molecule has 8 aromatic rings. The fourth-order valence-corrected chi connectivity index (χ4v) is 10.1. The Morgan fingerprint density at radius 3 is 2.29 bits per heavy atom. The van der Waals surface area contributed by atoms with E-state index in [-0.39, 0.29) is 0 Å². The third-order valence-corrected chi connectivity index (χ3v) is 12.2. The summed E-state index contributed by atoms with van der Waals surface area (Å²) in [4.78, 5) is 2.63. The predicted molar refractivity (Wildman–Crippen MR) is 211 cm³/mol. The van der Waals surface area contributed by atoms with Crippen LogP contribution in [-0.2, 0) is 0 Å². The number of hydrogen-bond acceptors (Lipinski definition) is 2. The lowest BCUT2D eigenvalue weighted by Gasteiger charge is -2.31. The van der Waals surface area contributed by atoms with Gasteiger partial charge in [-0.05, 0) is 77.8 Å². The van der Waals surface area contributed by atoms with Crippen LogP contribution in [0.25, 0.3) is 75.1 Å². The second-order valence-electron chi connectivity index (χ2n) is 13.5. The molecular formula is C46H32N2S. The van der Waals surface area contributed by atoms with E-state index in [1.807, 2.05) is 11.3 Å². The normalized spacial score (nSPS) is 17.0. The largest absolute Gasteiger partial charge is 0.337 e. The average molecular weight is 645 g/mol. The Morgan fingerprint density at radius 2 is 1.39 bits per heavy atom. The van der Waals surface area contributed by atoms with Crippen molar-refractivity contribution in [3.05, 3.63) is 163 Å². The van der Waals surface area contributed by atoms with E-state index in [1.165, 1.54) is 92.1 Å². The van der Waals surface area contributed by atoms with Crippen LogP contribution in [-0.4, -0.2) is 10.6 Å². The zero-order valence-electron chi connectivity index (χ0n) is 26.9. The maximum absolute atomic E-state index is 2.63. The van der Waals surface area contributed by atoms with Crippen molar-refractivity contribution in [2.24, 2.45) is 0 Å². The first-order valence-corrected chi connectivity index (χ1v) is 18.2. The Kier molecular flexibility index (Phi) is 5.82. The highest BCUT2D eigenvalue weighted by Crippen LogP contribution is 2.51. The fraction of sp³-hybridized carbons (Fsp3) is 0.0870. The first-order chi connectivity index (χ1) is 24.3. The molecule has 6 aromatic carbocycles. The Morgan fingerprint density at radius 1 is 0.612 bits per heavy atom. The number of para-hydroxylation sites is 1. The first kappa shape index (κ1) is 27.3. The van der Waals surface area contributed by atoms with Crippen LogP contribution >= 0.6 is 11.3 Å². The van der Waals surface area contributed by atoms with E-state index in [4.69, 9.17) is 0 Å². The molecule has 0 bridgehead atoms. The van der Waals surface area contributed by atoms with Gasteiger partial charge in [0, 0.05) is 59.0 Å². The lowest BCUT2D eigenvalue weighted by Crippen LogP contribution is -2.31. The van der Waals surface area contributed by atoms with Gasteiger partial charge >= 0.3 is 0 Å². The molecule has 0 radical (unpaired) electrons. The second-order valence-corrected chi connectivity index (χ2v) is 14.5. The molecule has 1 unspecified atom stereocenters. The van der Waals surface area contributed by atoms with E-state index >= 15 is 0 Å². The third kappa shape index (κ3) is 3.88. The Labute approximate surface area is 288 Å². The number of aromatic nitrogens is 1. The highest BCUT2D eigenvalue weighted by Gasteiger charge is 2.37. The van der Waals surface area contributed by atoms with Crippen LogP contribution in [0, 0.1) is 0 Å². The van der Waals surface area contributed by atoms with E-state index < -0.39 is 0 Å². The topological polar surface area (TPSA) is 8.17 Å². The van der Waals surface area contributed by atoms with Crippen LogP contribution in [0.3, 0.4) is 0 Å².